The molecule has 3 heteroatoms. The minimum Gasteiger partial charge on any atom is -0.491 e. The zero-order valence-corrected chi connectivity index (χ0v) is 10.4. The first-order chi connectivity index (χ1) is 8.40. The minimum absolute atomic E-state index is 0.135. The van der Waals surface area contributed by atoms with Gasteiger partial charge < -0.3 is 14.8 Å². The molecule has 94 valence electrons. The summed E-state index contributed by atoms with van der Waals surface area (Å²) in [5.41, 5.74) is 0. The van der Waals surface area contributed by atoms with Gasteiger partial charge in [0.1, 0.15) is 18.5 Å². The molecule has 0 aliphatic carbocycles. The molecule has 0 amide bonds. The molecule has 3 nitrogen and oxygen atoms in total. The Bertz CT molecular complexity index is 309. The predicted octanol–water partition coefficient (Wildman–Crippen LogP) is 2.22. The summed E-state index contributed by atoms with van der Waals surface area (Å²) in [5, 5.41) is 3.50. The zero-order chi connectivity index (χ0) is 11.9. The third-order valence-corrected chi connectivity index (χ3v) is 3.26. The number of benzene rings is 1. The summed E-state index contributed by atoms with van der Waals surface area (Å²) in [4.78, 5) is 0. The smallest absolute Gasteiger partial charge is 0.119 e. The van der Waals surface area contributed by atoms with Crippen molar-refractivity contribution in [2.75, 3.05) is 20.3 Å². The Labute approximate surface area is 103 Å². The van der Waals surface area contributed by atoms with Gasteiger partial charge in [-0.05, 0) is 31.5 Å². The van der Waals surface area contributed by atoms with Gasteiger partial charge in [-0.2, -0.15) is 0 Å². The first-order valence-corrected chi connectivity index (χ1v) is 6.34. The van der Waals surface area contributed by atoms with Crippen LogP contribution in [-0.4, -0.2) is 32.4 Å². The van der Waals surface area contributed by atoms with Gasteiger partial charge in [-0.3, -0.25) is 0 Å². The fraction of sp³-hybridized carbons (Fsp3) is 0.571. The molecule has 1 aromatic rings. The van der Waals surface area contributed by atoms with Crippen LogP contribution in [0.5, 0.6) is 5.75 Å². The second-order valence-electron chi connectivity index (χ2n) is 4.45. The fourth-order valence-corrected chi connectivity index (χ4v) is 2.24. The quantitative estimate of drug-likeness (QED) is 0.849. The van der Waals surface area contributed by atoms with Gasteiger partial charge in [-0.1, -0.05) is 24.6 Å². The van der Waals surface area contributed by atoms with Crippen molar-refractivity contribution in [1.82, 2.24) is 5.32 Å². The monoisotopic (exact) mass is 235 g/mol. The normalized spacial score (nSPS) is 22.1. The molecule has 1 aliphatic rings. The molecule has 0 spiro atoms. The largest absolute Gasteiger partial charge is 0.491 e. The summed E-state index contributed by atoms with van der Waals surface area (Å²) in [6.45, 7) is 1.70. The van der Waals surface area contributed by atoms with E-state index >= 15 is 0 Å². The lowest BCUT2D eigenvalue weighted by atomic mass is 10.0. The number of para-hydroxylation sites is 1. The van der Waals surface area contributed by atoms with Crippen LogP contribution in [0.25, 0.3) is 0 Å². The number of ether oxygens (including phenoxy) is 2. The van der Waals surface area contributed by atoms with Gasteiger partial charge >= 0.3 is 0 Å². The van der Waals surface area contributed by atoms with E-state index in [0.717, 1.165) is 12.3 Å². The van der Waals surface area contributed by atoms with E-state index in [4.69, 9.17) is 9.47 Å². The molecule has 1 fully saturated rings. The van der Waals surface area contributed by atoms with Gasteiger partial charge in [0.05, 0.1) is 0 Å². The number of methoxy groups -OCH3 is 1. The van der Waals surface area contributed by atoms with Crippen molar-refractivity contribution in [2.45, 2.75) is 31.4 Å². The van der Waals surface area contributed by atoms with Crippen LogP contribution in [0, 0.1) is 0 Å². The average Bonchev–Trinajstić information content (AvgIpc) is 2.42. The number of piperidine rings is 1. The van der Waals surface area contributed by atoms with Gasteiger partial charge in [0, 0.05) is 13.2 Å². The van der Waals surface area contributed by atoms with Gasteiger partial charge in [-0.25, -0.2) is 0 Å². The zero-order valence-electron chi connectivity index (χ0n) is 10.4. The summed E-state index contributed by atoms with van der Waals surface area (Å²) in [7, 11) is 1.76. The molecule has 1 N–H and O–H groups in total. The molecule has 1 saturated heterocycles. The Morgan fingerprint density at radius 3 is 2.76 bits per heavy atom. The van der Waals surface area contributed by atoms with Crippen molar-refractivity contribution >= 4 is 0 Å². The maximum absolute atomic E-state index is 5.75. The van der Waals surface area contributed by atoms with E-state index in [-0.39, 0.29) is 6.10 Å². The summed E-state index contributed by atoms with van der Waals surface area (Å²) < 4.78 is 11.3. The Morgan fingerprint density at radius 1 is 1.29 bits per heavy atom. The number of rotatable bonds is 5. The van der Waals surface area contributed by atoms with E-state index in [0.29, 0.717) is 12.6 Å². The van der Waals surface area contributed by atoms with Crippen LogP contribution in [0.1, 0.15) is 19.3 Å². The van der Waals surface area contributed by atoms with Crippen molar-refractivity contribution in [1.29, 1.82) is 0 Å². The molecule has 0 radical (unpaired) electrons. The first kappa shape index (κ1) is 12.4. The molecule has 2 atom stereocenters. The van der Waals surface area contributed by atoms with E-state index in [1.807, 2.05) is 30.3 Å². The van der Waals surface area contributed by atoms with Gasteiger partial charge in [0.25, 0.3) is 0 Å². The van der Waals surface area contributed by atoms with E-state index in [1.54, 1.807) is 7.11 Å². The molecule has 1 heterocycles. The topological polar surface area (TPSA) is 30.5 Å². The van der Waals surface area contributed by atoms with Crippen LogP contribution in [0.15, 0.2) is 30.3 Å². The highest BCUT2D eigenvalue weighted by molar-refractivity contribution is 5.20. The Hall–Kier alpha value is -1.06. The molecular formula is C14H21NO2. The highest BCUT2D eigenvalue weighted by Crippen LogP contribution is 2.15. The Balaban J connectivity index is 1.82. The number of nitrogens with one attached hydrogen (secondary N) is 1. The van der Waals surface area contributed by atoms with Crippen molar-refractivity contribution in [2.24, 2.45) is 0 Å². The average molecular weight is 235 g/mol. The van der Waals surface area contributed by atoms with Crippen LogP contribution in [-0.2, 0) is 4.74 Å². The van der Waals surface area contributed by atoms with Gasteiger partial charge in [-0.15, -0.1) is 0 Å². The lowest BCUT2D eigenvalue weighted by Crippen LogP contribution is -2.46. The summed E-state index contributed by atoms with van der Waals surface area (Å²) >= 11 is 0. The molecule has 17 heavy (non-hydrogen) atoms. The third kappa shape index (κ3) is 3.72. The van der Waals surface area contributed by atoms with Crippen molar-refractivity contribution in [3.63, 3.8) is 0 Å². The molecule has 2 unspecified atom stereocenters. The highest BCUT2D eigenvalue weighted by atomic mass is 16.5. The molecule has 0 aromatic heterocycles. The first-order valence-electron chi connectivity index (χ1n) is 6.34. The van der Waals surface area contributed by atoms with Crippen LogP contribution < -0.4 is 10.1 Å². The molecule has 1 aliphatic heterocycles. The predicted molar refractivity (Wildman–Crippen MR) is 68.4 cm³/mol. The van der Waals surface area contributed by atoms with E-state index in [2.05, 4.69) is 5.32 Å². The van der Waals surface area contributed by atoms with Crippen LogP contribution >= 0.6 is 0 Å². The van der Waals surface area contributed by atoms with Gasteiger partial charge in [0.2, 0.25) is 0 Å². The fourth-order valence-electron chi connectivity index (χ4n) is 2.24. The molecule has 2 rings (SSSR count). The SMILES string of the molecule is COC(COc1ccccc1)C1CCCCN1. The molecule has 0 saturated carbocycles. The second-order valence-corrected chi connectivity index (χ2v) is 4.45. The number of hydrogen-bond donors (Lipinski definition) is 1. The molecule has 1 aromatic carbocycles. The highest BCUT2D eigenvalue weighted by Gasteiger charge is 2.23. The maximum atomic E-state index is 5.75. The lowest BCUT2D eigenvalue weighted by molar-refractivity contribution is 0.0230. The number of hydrogen-bond acceptors (Lipinski definition) is 3. The van der Waals surface area contributed by atoms with Crippen molar-refractivity contribution in [3.05, 3.63) is 30.3 Å². The molecular weight excluding hydrogens is 214 g/mol. The van der Waals surface area contributed by atoms with Crippen LogP contribution in [0.2, 0.25) is 0 Å². The van der Waals surface area contributed by atoms with E-state index < -0.39 is 0 Å². The minimum atomic E-state index is 0.135. The Morgan fingerprint density at radius 2 is 2.12 bits per heavy atom. The van der Waals surface area contributed by atoms with E-state index in [1.165, 1.54) is 19.3 Å². The third-order valence-electron chi connectivity index (χ3n) is 3.26. The summed E-state index contributed by atoms with van der Waals surface area (Å²) in [6, 6.07) is 10.3. The summed E-state index contributed by atoms with van der Waals surface area (Å²) in [6.07, 6.45) is 3.86. The van der Waals surface area contributed by atoms with Crippen LogP contribution in [0.3, 0.4) is 0 Å². The Kier molecular flexibility index (Phi) is 4.83. The molecule has 0 bridgehead atoms. The van der Waals surface area contributed by atoms with Crippen molar-refractivity contribution < 1.29 is 9.47 Å². The van der Waals surface area contributed by atoms with Crippen molar-refractivity contribution in [3.8, 4) is 5.75 Å². The van der Waals surface area contributed by atoms with Gasteiger partial charge in [0.15, 0.2) is 0 Å². The summed E-state index contributed by atoms with van der Waals surface area (Å²) in [5.74, 6) is 0.908. The second kappa shape index (κ2) is 6.62. The maximum Gasteiger partial charge on any atom is 0.119 e. The van der Waals surface area contributed by atoms with Crippen LogP contribution in [0.4, 0.5) is 0 Å². The lowest BCUT2D eigenvalue weighted by Gasteiger charge is -2.30. The standard InChI is InChI=1S/C14H21NO2/c1-16-14(13-9-5-6-10-15-13)11-17-12-7-3-2-4-8-12/h2-4,7-8,13-15H,5-6,9-11H2,1H3. The van der Waals surface area contributed by atoms with E-state index in [9.17, 15) is 0 Å².